The molecule has 3 rings (SSSR count). The molecule has 23 heavy (non-hydrogen) atoms. The van der Waals surface area contributed by atoms with Crippen molar-refractivity contribution in [3.8, 4) is 5.75 Å². The van der Waals surface area contributed by atoms with Gasteiger partial charge in [0, 0.05) is 17.2 Å². The van der Waals surface area contributed by atoms with E-state index in [1.165, 1.54) is 0 Å². The normalized spacial score (nSPS) is 19.6. The van der Waals surface area contributed by atoms with Crippen LogP contribution in [0, 0.1) is 19.8 Å². The number of hydrogen-bond acceptors (Lipinski definition) is 4. The monoisotopic (exact) mass is 313 g/mol. The number of nitrogens with one attached hydrogen (secondary N) is 1. The Morgan fingerprint density at radius 3 is 2.78 bits per heavy atom. The number of ether oxygens (including phenoxy) is 2. The number of benzene rings is 1. The summed E-state index contributed by atoms with van der Waals surface area (Å²) in [6.07, 6.45) is -0.424. The first-order valence-corrected chi connectivity index (χ1v) is 7.60. The quantitative estimate of drug-likeness (QED) is 0.866. The Morgan fingerprint density at radius 2 is 2.04 bits per heavy atom. The highest BCUT2D eigenvalue weighted by atomic mass is 16.6. The number of esters is 1. The van der Waals surface area contributed by atoms with Crippen molar-refractivity contribution in [3.63, 3.8) is 0 Å². The van der Waals surface area contributed by atoms with Gasteiger partial charge in [0.15, 0.2) is 0 Å². The minimum Gasteiger partial charge on any atom is -0.493 e. The number of rotatable bonds is 2. The molecule has 0 amide bonds. The standard InChI is InChI=1S/C18H19NO4/c1-10-8-12(3)19-17(20)15(10)18(21)23-16-11(2)9-22-14-7-5-4-6-13(14)16/h4-8,11,16H,9H2,1-3H3,(H,19,20)/t11-,16-/m0/s1. The summed E-state index contributed by atoms with van der Waals surface area (Å²) in [6, 6.07) is 9.26. The van der Waals surface area contributed by atoms with Gasteiger partial charge in [0.1, 0.15) is 17.4 Å². The number of aryl methyl sites for hydroxylation is 2. The highest BCUT2D eigenvalue weighted by molar-refractivity contribution is 5.90. The SMILES string of the molecule is Cc1cc(C)c(C(=O)O[C@@H]2c3ccccc3OC[C@@H]2C)c(=O)[nH]1. The van der Waals surface area contributed by atoms with Crippen molar-refractivity contribution >= 4 is 5.97 Å². The molecule has 0 spiro atoms. The zero-order valence-electron chi connectivity index (χ0n) is 13.4. The first kappa shape index (κ1) is 15.3. The Bertz CT molecular complexity index is 809. The summed E-state index contributed by atoms with van der Waals surface area (Å²) in [4.78, 5) is 27.3. The van der Waals surface area contributed by atoms with E-state index in [2.05, 4.69) is 4.98 Å². The molecule has 0 aliphatic carbocycles. The lowest BCUT2D eigenvalue weighted by atomic mass is 9.94. The van der Waals surface area contributed by atoms with E-state index in [-0.39, 0.29) is 11.5 Å². The summed E-state index contributed by atoms with van der Waals surface area (Å²) in [6.45, 7) is 5.94. The molecule has 0 unspecified atom stereocenters. The number of para-hydroxylation sites is 1. The third-order valence-corrected chi connectivity index (χ3v) is 4.05. The van der Waals surface area contributed by atoms with Gasteiger partial charge in [-0.25, -0.2) is 4.79 Å². The average molecular weight is 313 g/mol. The second-order valence-corrected chi connectivity index (χ2v) is 5.99. The second kappa shape index (κ2) is 5.91. The fourth-order valence-electron chi connectivity index (χ4n) is 2.92. The zero-order chi connectivity index (χ0) is 16.6. The summed E-state index contributed by atoms with van der Waals surface area (Å²) < 4.78 is 11.3. The summed E-state index contributed by atoms with van der Waals surface area (Å²) in [5.74, 6) is 0.133. The molecule has 5 heteroatoms. The molecule has 0 saturated heterocycles. The smallest absolute Gasteiger partial charge is 0.344 e. The van der Waals surface area contributed by atoms with E-state index < -0.39 is 17.6 Å². The fraction of sp³-hybridized carbons (Fsp3) is 0.333. The van der Waals surface area contributed by atoms with Crippen LogP contribution in [0.15, 0.2) is 35.1 Å². The minimum absolute atomic E-state index is 0.0127. The minimum atomic E-state index is -0.600. The molecule has 0 bridgehead atoms. The van der Waals surface area contributed by atoms with Crippen LogP contribution in [0.2, 0.25) is 0 Å². The first-order valence-electron chi connectivity index (χ1n) is 7.60. The van der Waals surface area contributed by atoms with Gasteiger partial charge in [-0.2, -0.15) is 0 Å². The molecule has 0 saturated carbocycles. The summed E-state index contributed by atoms with van der Waals surface area (Å²) in [5.41, 5.74) is 1.81. The van der Waals surface area contributed by atoms with Gasteiger partial charge in [-0.15, -0.1) is 0 Å². The maximum absolute atomic E-state index is 12.5. The third kappa shape index (κ3) is 2.86. The van der Waals surface area contributed by atoms with E-state index in [1.54, 1.807) is 19.9 Å². The van der Waals surface area contributed by atoms with Crippen molar-refractivity contribution in [2.24, 2.45) is 5.92 Å². The number of aromatic nitrogens is 1. The molecule has 2 heterocycles. The lowest BCUT2D eigenvalue weighted by Gasteiger charge is -2.31. The van der Waals surface area contributed by atoms with Crippen LogP contribution in [0.5, 0.6) is 5.75 Å². The van der Waals surface area contributed by atoms with Gasteiger partial charge in [-0.05, 0) is 31.5 Å². The molecule has 0 fully saturated rings. The van der Waals surface area contributed by atoms with Crippen LogP contribution in [0.3, 0.4) is 0 Å². The van der Waals surface area contributed by atoms with E-state index in [9.17, 15) is 9.59 Å². The van der Waals surface area contributed by atoms with Crippen LogP contribution in [0.1, 0.15) is 40.2 Å². The predicted octanol–water partition coefficient (Wildman–Crippen LogP) is 2.92. The molecule has 1 aliphatic rings. The fourth-order valence-corrected chi connectivity index (χ4v) is 2.92. The van der Waals surface area contributed by atoms with Gasteiger partial charge in [0.05, 0.1) is 6.61 Å². The van der Waals surface area contributed by atoms with Crippen LogP contribution in [-0.2, 0) is 4.74 Å². The Morgan fingerprint density at radius 1 is 1.30 bits per heavy atom. The number of H-pyrrole nitrogens is 1. The Labute approximate surface area is 134 Å². The van der Waals surface area contributed by atoms with Crippen molar-refractivity contribution in [1.29, 1.82) is 0 Å². The lowest BCUT2D eigenvalue weighted by Crippen LogP contribution is -2.30. The summed E-state index contributed by atoms with van der Waals surface area (Å²) in [5, 5.41) is 0. The number of aromatic amines is 1. The van der Waals surface area contributed by atoms with Crippen LogP contribution in [0.4, 0.5) is 0 Å². The van der Waals surface area contributed by atoms with Crippen molar-refractivity contribution in [2.75, 3.05) is 6.61 Å². The van der Waals surface area contributed by atoms with E-state index in [4.69, 9.17) is 9.47 Å². The van der Waals surface area contributed by atoms with Gasteiger partial charge in [0.2, 0.25) is 0 Å². The molecule has 5 nitrogen and oxygen atoms in total. The number of hydrogen-bond donors (Lipinski definition) is 1. The molecule has 2 aromatic rings. The van der Waals surface area contributed by atoms with Crippen LogP contribution >= 0.6 is 0 Å². The molecule has 1 aromatic carbocycles. The molecule has 1 aromatic heterocycles. The number of carbonyl (C=O) groups excluding carboxylic acids is 1. The van der Waals surface area contributed by atoms with E-state index in [1.807, 2.05) is 31.2 Å². The molecule has 0 radical (unpaired) electrons. The molecule has 120 valence electrons. The molecule has 2 atom stereocenters. The van der Waals surface area contributed by atoms with Crippen molar-refractivity contribution in [1.82, 2.24) is 4.98 Å². The van der Waals surface area contributed by atoms with Gasteiger partial charge < -0.3 is 14.5 Å². The molecular formula is C18H19NO4. The van der Waals surface area contributed by atoms with Gasteiger partial charge >= 0.3 is 5.97 Å². The van der Waals surface area contributed by atoms with Crippen molar-refractivity contribution in [2.45, 2.75) is 26.9 Å². The largest absolute Gasteiger partial charge is 0.493 e. The maximum Gasteiger partial charge on any atom is 0.344 e. The number of carbonyl (C=O) groups is 1. The Kier molecular flexibility index (Phi) is 3.94. The van der Waals surface area contributed by atoms with Gasteiger partial charge in [0.25, 0.3) is 5.56 Å². The predicted molar refractivity (Wildman–Crippen MR) is 85.8 cm³/mol. The average Bonchev–Trinajstić information content (AvgIpc) is 2.49. The van der Waals surface area contributed by atoms with Crippen LogP contribution in [-0.4, -0.2) is 17.6 Å². The zero-order valence-corrected chi connectivity index (χ0v) is 13.4. The van der Waals surface area contributed by atoms with E-state index >= 15 is 0 Å². The topological polar surface area (TPSA) is 68.4 Å². The summed E-state index contributed by atoms with van der Waals surface area (Å²) in [7, 11) is 0. The molecule has 1 N–H and O–H groups in total. The third-order valence-electron chi connectivity index (χ3n) is 4.05. The number of pyridine rings is 1. The van der Waals surface area contributed by atoms with Gasteiger partial charge in [-0.1, -0.05) is 25.1 Å². The maximum atomic E-state index is 12.5. The second-order valence-electron chi connectivity index (χ2n) is 5.99. The summed E-state index contributed by atoms with van der Waals surface area (Å²) >= 11 is 0. The Balaban J connectivity index is 1.93. The van der Waals surface area contributed by atoms with Crippen molar-refractivity contribution < 1.29 is 14.3 Å². The lowest BCUT2D eigenvalue weighted by molar-refractivity contribution is -0.000468. The van der Waals surface area contributed by atoms with E-state index in [0.29, 0.717) is 17.9 Å². The van der Waals surface area contributed by atoms with E-state index in [0.717, 1.165) is 11.3 Å². The van der Waals surface area contributed by atoms with Crippen molar-refractivity contribution in [3.05, 3.63) is 63.1 Å². The highest BCUT2D eigenvalue weighted by Crippen LogP contribution is 2.37. The molecule has 1 aliphatic heterocycles. The van der Waals surface area contributed by atoms with Gasteiger partial charge in [-0.3, -0.25) is 4.79 Å². The first-order chi connectivity index (χ1) is 11.0. The number of fused-ring (bicyclic) bond motifs is 1. The Hall–Kier alpha value is -2.56. The molecular weight excluding hydrogens is 294 g/mol. The van der Waals surface area contributed by atoms with Crippen LogP contribution < -0.4 is 10.3 Å². The highest BCUT2D eigenvalue weighted by Gasteiger charge is 2.32. The van der Waals surface area contributed by atoms with Crippen LogP contribution in [0.25, 0.3) is 0 Å².